The molecule has 0 radical (unpaired) electrons. The highest BCUT2D eigenvalue weighted by Gasteiger charge is 2.34. The van der Waals surface area contributed by atoms with Crippen molar-refractivity contribution in [2.24, 2.45) is 0 Å². The van der Waals surface area contributed by atoms with E-state index in [4.69, 9.17) is 9.84 Å². The standard InChI is InChI=1S/C21H21N3O3S/c1-12-18-19(14-5-4-6-16(25)11-14)28-13(2)21(26)22-20(18)24(23-12)15-7-9-17(27-3)10-8-15/h4-11,13,19,25H,1-3H3,(H,22,26)/t13-,19+/m0/s1. The predicted molar refractivity (Wildman–Crippen MR) is 110 cm³/mol. The molecule has 2 N–H and O–H groups in total. The molecule has 7 heteroatoms. The first-order valence-corrected chi connectivity index (χ1v) is 9.91. The molecule has 0 unspecified atom stereocenters. The molecule has 0 bridgehead atoms. The van der Waals surface area contributed by atoms with Crippen molar-refractivity contribution in [3.05, 3.63) is 65.4 Å². The van der Waals surface area contributed by atoms with Crippen molar-refractivity contribution in [3.8, 4) is 17.2 Å². The number of carbonyl (C=O) groups is 1. The van der Waals surface area contributed by atoms with Crippen LogP contribution in [0.4, 0.5) is 5.82 Å². The fourth-order valence-corrected chi connectivity index (χ4v) is 4.68. The van der Waals surface area contributed by atoms with Gasteiger partial charge in [-0.3, -0.25) is 4.79 Å². The summed E-state index contributed by atoms with van der Waals surface area (Å²) in [6.45, 7) is 3.83. The molecule has 0 aliphatic carbocycles. The number of aromatic nitrogens is 2. The van der Waals surface area contributed by atoms with Gasteiger partial charge in [0.25, 0.3) is 0 Å². The summed E-state index contributed by atoms with van der Waals surface area (Å²) in [5.41, 5.74) is 3.55. The quantitative estimate of drug-likeness (QED) is 0.699. The smallest absolute Gasteiger partial charge is 0.238 e. The van der Waals surface area contributed by atoms with E-state index in [2.05, 4.69) is 5.32 Å². The molecule has 2 heterocycles. The maximum absolute atomic E-state index is 12.7. The van der Waals surface area contributed by atoms with Crippen molar-refractivity contribution in [1.29, 1.82) is 0 Å². The van der Waals surface area contributed by atoms with Gasteiger partial charge in [0.2, 0.25) is 5.91 Å². The molecule has 1 aromatic heterocycles. The molecular weight excluding hydrogens is 374 g/mol. The van der Waals surface area contributed by atoms with Gasteiger partial charge in [0.1, 0.15) is 17.3 Å². The summed E-state index contributed by atoms with van der Waals surface area (Å²) in [7, 11) is 1.62. The third kappa shape index (κ3) is 3.22. The Bertz CT molecular complexity index is 1030. The van der Waals surface area contributed by atoms with E-state index in [0.29, 0.717) is 5.82 Å². The first kappa shape index (κ1) is 18.4. The molecule has 1 aliphatic rings. The average molecular weight is 395 g/mol. The average Bonchev–Trinajstić information content (AvgIpc) is 2.94. The van der Waals surface area contributed by atoms with Crippen LogP contribution in [0.1, 0.15) is 29.0 Å². The summed E-state index contributed by atoms with van der Waals surface area (Å²) in [4.78, 5) is 12.7. The number of methoxy groups -OCH3 is 1. The molecule has 144 valence electrons. The Hall–Kier alpha value is -2.93. The van der Waals surface area contributed by atoms with Crippen LogP contribution in [0.2, 0.25) is 0 Å². The Morgan fingerprint density at radius 1 is 1.21 bits per heavy atom. The lowest BCUT2D eigenvalue weighted by atomic mass is 10.0. The highest BCUT2D eigenvalue weighted by molar-refractivity contribution is 8.01. The Balaban J connectivity index is 1.88. The monoisotopic (exact) mass is 395 g/mol. The molecule has 1 aliphatic heterocycles. The summed E-state index contributed by atoms with van der Waals surface area (Å²) in [5, 5.41) is 17.3. The van der Waals surface area contributed by atoms with E-state index >= 15 is 0 Å². The summed E-state index contributed by atoms with van der Waals surface area (Å²) < 4.78 is 6.99. The molecule has 2 atom stereocenters. The van der Waals surface area contributed by atoms with Crippen LogP contribution < -0.4 is 10.1 Å². The number of phenolic OH excluding ortho intramolecular Hbond substituents is 1. The number of rotatable bonds is 3. The number of amides is 1. The van der Waals surface area contributed by atoms with Crippen LogP contribution in [0.5, 0.6) is 11.5 Å². The number of aromatic hydroxyl groups is 1. The number of hydrogen-bond acceptors (Lipinski definition) is 5. The normalized spacial score (nSPS) is 18.9. The van der Waals surface area contributed by atoms with Crippen LogP contribution in [0, 0.1) is 6.92 Å². The second-order valence-electron chi connectivity index (χ2n) is 6.70. The number of hydrogen-bond donors (Lipinski definition) is 2. The van der Waals surface area contributed by atoms with Crippen molar-refractivity contribution < 1.29 is 14.6 Å². The fraction of sp³-hybridized carbons (Fsp3) is 0.238. The molecule has 4 rings (SSSR count). The maximum Gasteiger partial charge on any atom is 0.238 e. The van der Waals surface area contributed by atoms with Gasteiger partial charge in [-0.1, -0.05) is 12.1 Å². The van der Waals surface area contributed by atoms with Crippen LogP contribution in [-0.2, 0) is 4.79 Å². The van der Waals surface area contributed by atoms with E-state index in [0.717, 1.165) is 28.3 Å². The molecule has 28 heavy (non-hydrogen) atoms. The molecule has 6 nitrogen and oxygen atoms in total. The van der Waals surface area contributed by atoms with E-state index in [1.165, 1.54) is 0 Å². The Kier molecular flexibility index (Phi) is 4.77. The second kappa shape index (κ2) is 7.24. The molecule has 0 saturated heterocycles. The van der Waals surface area contributed by atoms with E-state index in [9.17, 15) is 9.90 Å². The van der Waals surface area contributed by atoms with Gasteiger partial charge in [-0.2, -0.15) is 5.10 Å². The van der Waals surface area contributed by atoms with Crippen LogP contribution in [-0.4, -0.2) is 33.2 Å². The lowest BCUT2D eigenvalue weighted by Gasteiger charge is -2.17. The lowest BCUT2D eigenvalue weighted by molar-refractivity contribution is -0.115. The number of ether oxygens (including phenoxy) is 1. The molecule has 0 saturated carbocycles. The van der Waals surface area contributed by atoms with Crippen molar-refractivity contribution in [2.45, 2.75) is 24.3 Å². The van der Waals surface area contributed by atoms with Crippen molar-refractivity contribution >= 4 is 23.5 Å². The van der Waals surface area contributed by atoms with Gasteiger partial charge in [0.05, 0.1) is 29.0 Å². The Morgan fingerprint density at radius 2 is 1.96 bits per heavy atom. The van der Waals surface area contributed by atoms with E-state index in [-0.39, 0.29) is 22.2 Å². The number of anilines is 1. The third-order valence-corrected chi connectivity index (χ3v) is 6.21. The van der Waals surface area contributed by atoms with Gasteiger partial charge >= 0.3 is 0 Å². The second-order valence-corrected chi connectivity index (χ2v) is 8.15. The summed E-state index contributed by atoms with van der Waals surface area (Å²) in [6.07, 6.45) is 0. The molecule has 3 aromatic rings. The Morgan fingerprint density at radius 3 is 2.64 bits per heavy atom. The number of aryl methyl sites for hydroxylation is 1. The van der Waals surface area contributed by atoms with E-state index in [1.807, 2.05) is 50.2 Å². The zero-order chi connectivity index (χ0) is 19.8. The van der Waals surface area contributed by atoms with Gasteiger partial charge in [0, 0.05) is 5.56 Å². The number of fused-ring (bicyclic) bond motifs is 1. The minimum atomic E-state index is -0.247. The summed E-state index contributed by atoms with van der Waals surface area (Å²) >= 11 is 1.55. The van der Waals surface area contributed by atoms with Gasteiger partial charge < -0.3 is 15.2 Å². The van der Waals surface area contributed by atoms with Crippen LogP contribution in [0.15, 0.2) is 48.5 Å². The Labute approximate surface area is 167 Å². The van der Waals surface area contributed by atoms with E-state index < -0.39 is 0 Å². The van der Waals surface area contributed by atoms with Crippen molar-refractivity contribution in [3.63, 3.8) is 0 Å². The molecule has 0 spiro atoms. The largest absolute Gasteiger partial charge is 0.508 e. The van der Waals surface area contributed by atoms with E-state index in [1.54, 1.807) is 35.7 Å². The number of nitrogens with zero attached hydrogens (tertiary/aromatic N) is 2. The molecule has 2 aromatic carbocycles. The van der Waals surface area contributed by atoms with Crippen LogP contribution in [0.3, 0.4) is 0 Å². The number of nitrogens with one attached hydrogen (secondary N) is 1. The molecule has 1 amide bonds. The van der Waals surface area contributed by atoms with Gasteiger partial charge in [-0.05, 0) is 55.8 Å². The van der Waals surface area contributed by atoms with Crippen molar-refractivity contribution in [1.82, 2.24) is 9.78 Å². The number of benzene rings is 2. The van der Waals surface area contributed by atoms with Gasteiger partial charge in [-0.15, -0.1) is 11.8 Å². The molecule has 0 fully saturated rings. The highest BCUT2D eigenvalue weighted by atomic mass is 32.2. The topological polar surface area (TPSA) is 76.4 Å². The maximum atomic E-state index is 12.7. The van der Waals surface area contributed by atoms with Gasteiger partial charge in [-0.25, -0.2) is 4.68 Å². The predicted octanol–water partition coefficient (Wildman–Crippen LogP) is 4.06. The minimum Gasteiger partial charge on any atom is -0.508 e. The zero-order valence-electron chi connectivity index (χ0n) is 15.8. The zero-order valence-corrected chi connectivity index (χ0v) is 16.7. The lowest BCUT2D eigenvalue weighted by Crippen LogP contribution is -2.22. The fourth-order valence-electron chi connectivity index (χ4n) is 3.37. The minimum absolute atomic E-state index is 0.0661. The van der Waals surface area contributed by atoms with Crippen molar-refractivity contribution in [2.75, 3.05) is 12.4 Å². The SMILES string of the molecule is COc1ccc(-n2nc(C)c3c2NC(=O)[C@H](C)S[C@@H]3c2cccc(O)c2)cc1. The number of thioether (sulfide) groups is 1. The number of phenols is 1. The summed E-state index contributed by atoms with van der Waals surface area (Å²) in [5.74, 6) is 1.56. The third-order valence-electron chi connectivity index (χ3n) is 4.81. The van der Waals surface area contributed by atoms with Gasteiger partial charge in [0.15, 0.2) is 0 Å². The highest BCUT2D eigenvalue weighted by Crippen LogP contribution is 2.46. The van der Waals surface area contributed by atoms with Crippen LogP contribution >= 0.6 is 11.8 Å². The summed E-state index contributed by atoms with van der Waals surface area (Å²) in [6, 6.07) is 14.7. The number of carbonyl (C=O) groups excluding carboxylic acids is 1. The first-order valence-electron chi connectivity index (χ1n) is 8.97. The first-order chi connectivity index (χ1) is 13.5. The van der Waals surface area contributed by atoms with Crippen LogP contribution in [0.25, 0.3) is 5.69 Å². The molecular formula is C21H21N3O3S.